The molecule has 0 unspecified atom stereocenters. The van der Waals surface area contributed by atoms with E-state index in [2.05, 4.69) is 5.32 Å². The summed E-state index contributed by atoms with van der Waals surface area (Å²) in [6.07, 6.45) is 1.35. The normalized spacial score (nSPS) is 12.5. The standard InChI is InChI=1S/C19H22Cl2N2O3S/c1-5-18(19(24)22-14-8-6-12(2)16(20)10-14)23(27(4,25)26)15-9-7-13(3)17(21)11-15/h6-11,18H,5H2,1-4H3,(H,22,24)/t18-/m0/s1. The van der Waals surface area contributed by atoms with E-state index in [1.54, 1.807) is 43.3 Å². The highest BCUT2D eigenvalue weighted by atomic mass is 35.5. The fourth-order valence-electron chi connectivity index (χ4n) is 2.68. The maximum Gasteiger partial charge on any atom is 0.248 e. The number of nitrogens with one attached hydrogen (secondary N) is 1. The minimum atomic E-state index is -3.72. The van der Waals surface area contributed by atoms with Crippen LogP contribution in [0.2, 0.25) is 10.0 Å². The SMILES string of the molecule is CC[C@@H](C(=O)Nc1ccc(C)c(Cl)c1)N(c1ccc(C)c(Cl)c1)S(C)(=O)=O. The molecule has 0 bridgehead atoms. The molecule has 0 spiro atoms. The van der Waals surface area contributed by atoms with E-state index in [1.165, 1.54) is 0 Å². The molecule has 0 saturated carbocycles. The lowest BCUT2D eigenvalue weighted by molar-refractivity contribution is -0.117. The Labute approximate surface area is 170 Å². The molecule has 0 aromatic heterocycles. The molecule has 0 saturated heterocycles. The van der Waals surface area contributed by atoms with Gasteiger partial charge in [0, 0.05) is 15.7 Å². The minimum Gasteiger partial charge on any atom is -0.324 e. The molecule has 0 fully saturated rings. The zero-order chi connectivity index (χ0) is 20.4. The van der Waals surface area contributed by atoms with Gasteiger partial charge in [0.05, 0.1) is 11.9 Å². The highest BCUT2D eigenvalue weighted by molar-refractivity contribution is 7.92. The number of anilines is 2. The largest absolute Gasteiger partial charge is 0.324 e. The number of carbonyl (C=O) groups excluding carboxylic acids is 1. The lowest BCUT2D eigenvalue weighted by Crippen LogP contribution is -2.47. The van der Waals surface area contributed by atoms with E-state index in [4.69, 9.17) is 23.2 Å². The first kappa shape index (κ1) is 21.5. The lowest BCUT2D eigenvalue weighted by atomic mass is 10.1. The summed E-state index contributed by atoms with van der Waals surface area (Å²) in [6, 6.07) is 9.12. The molecule has 2 rings (SSSR count). The van der Waals surface area contributed by atoms with Gasteiger partial charge in [-0.2, -0.15) is 0 Å². The van der Waals surface area contributed by atoms with Gasteiger partial charge in [-0.3, -0.25) is 9.10 Å². The van der Waals surface area contributed by atoms with Crippen molar-refractivity contribution in [1.82, 2.24) is 0 Å². The molecule has 146 valence electrons. The second-order valence-electron chi connectivity index (χ2n) is 6.37. The van der Waals surface area contributed by atoms with Crippen LogP contribution in [-0.2, 0) is 14.8 Å². The van der Waals surface area contributed by atoms with Crippen LogP contribution in [0.3, 0.4) is 0 Å². The fraction of sp³-hybridized carbons (Fsp3) is 0.316. The van der Waals surface area contributed by atoms with Crippen molar-refractivity contribution in [3.63, 3.8) is 0 Å². The molecule has 2 aromatic rings. The monoisotopic (exact) mass is 428 g/mol. The number of carbonyl (C=O) groups is 1. The number of halogens is 2. The molecule has 1 N–H and O–H groups in total. The van der Waals surface area contributed by atoms with E-state index >= 15 is 0 Å². The van der Waals surface area contributed by atoms with Crippen LogP contribution in [0.25, 0.3) is 0 Å². The van der Waals surface area contributed by atoms with Gasteiger partial charge in [-0.15, -0.1) is 0 Å². The third-order valence-corrected chi connectivity index (χ3v) is 6.17. The van der Waals surface area contributed by atoms with Gasteiger partial charge in [-0.05, 0) is 55.7 Å². The Balaban J connectivity index is 2.40. The average molecular weight is 429 g/mol. The Morgan fingerprint density at radius 1 is 1.07 bits per heavy atom. The van der Waals surface area contributed by atoms with Crippen LogP contribution < -0.4 is 9.62 Å². The lowest BCUT2D eigenvalue weighted by Gasteiger charge is -2.30. The van der Waals surface area contributed by atoms with Crippen molar-refractivity contribution in [2.75, 3.05) is 15.9 Å². The third-order valence-electron chi connectivity index (χ3n) is 4.18. The van der Waals surface area contributed by atoms with Gasteiger partial charge in [-0.25, -0.2) is 8.42 Å². The smallest absolute Gasteiger partial charge is 0.248 e. The van der Waals surface area contributed by atoms with Gasteiger partial charge in [-0.1, -0.05) is 42.3 Å². The molecule has 0 aliphatic heterocycles. The molecular weight excluding hydrogens is 407 g/mol. The summed E-state index contributed by atoms with van der Waals surface area (Å²) in [5.74, 6) is -0.445. The van der Waals surface area contributed by atoms with Crippen LogP contribution in [0.5, 0.6) is 0 Å². The summed E-state index contributed by atoms with van der Waals surface area (Å²) >= 11 is 12.3. The zero-order valence-electron chi connectivity index (χ0n) is 15.6. The number of rotatable bonds is 6. The second-order valence-corrected chi connectivity index (χ2v) is 9.04. The van der Waals surface area contributed by atoms with E-state index in [9.17, 15) is 13.2 Å². The highest BCUT2D eigenvalue weighted by Crippen LogP contribution is 2.28. The van der Waals surface area contributed by atoms with Crippen molar-refractivity contribution in [2.24, 2.45) is 0 Å². The number of aryl methyl sites for hydroxylation is 2. The van der Waals surface area contributed by atoms with Crippen molar-refractivity contribution < 1.29 is 13.2 Å². The Bertz CT molecular complexity index is 961. The van der Waals surface area contributed by atoms with Gasteiger partial charge in [0.1, 0.15) is 6.04 Å². The number of amides is 1. The van der Waals surface area contributed by atoms with Gasteiger partial charge in [0.15, 0.2) is 0 Å². The maximum absolute atomic E-state index is 12.9. The summed E-state index contributed by atoms with van der Waals surface area (Å²) in [7, 11) is -3.72. The third kappa shape index (κ3) is 5.15. The maximum atomic E-state index is 12.9. The van der Waals surface area contributed by atoms with Crippen molar-refractivity contribution >= 4 is 50.5 Å². The quantitative estimate of drug-likeness (QED) is 0.718. The first-order valence-electron chi connectivity index (χ1n) is 8.37. The Kier molecular flexibility index (Phi) is 6.78. The van der Waals surface area contributed by atoms with Crippen LogP contribution in [0.4, 0.5) is 11.4 Å². The Morgan fingerprint density at radius 3 is 2.11 bits per heavy atom. The van der Waals surface area contributed by atoms with Gasteiger partial charge >= 0.3 is 0 Å². The summed E-state index contributed by atoms with van der Waals surface area (Å²) in [5, 5.41) is 3.70. The van der Waals surface area contributed by atoms with E-state index < -0.39 is 22.0 Å². The average Bonchev–Trinajstić information content (AvgIpc) is 2.57. The number of hydrogen-bond donors (Lipinski definition) is 1. The van der Waals surface area contributed by atoms with Crippen molar-refractivity contribution in [3.8, 4) is 0 Å². The molecule has 5 nitrogen and oxygen atoms in total. The fourth-order valence-corrected chi connectivity index (χ4v) is 4.23. The molecule has 0 aliphatic rings. The van der Waals surface area contributed by atoms with Crippen molar-refractivity contribution in [3.05, 3.63) is 57.6 Å². The molecule has 0 heterocycles. The van der Waals surface area contributed by atoms with Gasteiger partial charge < -0.3 is 5.32 Å². The van der Waals surface area contributed by atoms with Crippen LogP contribution in [0, 0.1) is 13.8 Å². The van der Waals surface area contributed by atoms with E-state index in [1.807, 2.05) is 13.8 Å². The van der Waals surface area contributed by atoms with Crippen molar-refractivity contribution in [2.45, 2.75) is 33.2 Å². The summed E-state index contributed by atoms with van der Waals surface area (Å²) in [6.45, 7) is 5.43. The van der Waals surface area contributed by atoms with Crippen LogP contribution in [0.15, 0.2) is 36.4 Å². The van der Waals surface area contributed by atoms with Gasteiger partial charge in [0.2, 0.25) is 15.9 Å². The zero-order valence-corrected chi connectivity index (χ0v) is 17.9. The Morgan fingerprint density at radius 2 is 1.63 bits per heavy atom. The Hall–Kier alpha value is -1.76. The van der Waals surface area contributed by atoms with E-state index in [0.717, 1.165) is 21.7 Å². The highest BCUT2D eigenvalue weighted by Gasteiger charge is 2.31. The molecule has 2 aromatic carbocycles. The van der Waals surface area contributed by atoms with E-state index in [-0.39, 0.29) is 6.42 Å². The molecule has 8 heteroatoms. The summed E-state index contributed by atoms with van der Waals surface area (Å²) in [5.41, 5.74) is 2.55. The summed E-state index contributed by atoms with van der Waals surface area (Å²) in [4.78, 5) is 12.9. The number of hydrogen-bond acceptors (Lipinski definition) is 3. The second kappa shape index (κ2) is 8.50. The predicted molar refractivity (Wildman–Crippen MR) is 112 cm³/mol. The van der Waals surface area contributed by atoms with Crippen LogP contribution in [-0.4, -0.2) is 26.6 Å². The molecule has 1 amide bonds. The molecular formula is C19H22Cl2N2O3S. The predicted octanol–water partition coefficient (Wildman–Crippen LogP) is 4.79. The summed E-state index contributed by atoms with van der Waals surface area (Å²) < 4.78 is 26.0. The van der Waals surface area contributed by atoms with E-state index in [0.29, 0.717) is 21.4 Å². The van der Waals surface area contributed by atoms with Crippen LogP contribution in [0.1, 0.15) is 24.5 Å². The van der Waals surface area contributed by atoms with Gasteiger partial charge in [0.25, 0.3) is 0 Å². The van der Waals surface area contributed by atoms with Crippen molar-refractivity contribution in [1.29, 1.82) is 0 Å². The molecule has 0 radical (unpaired) electrons. The number of benzene rings is 2. The molecule has 1 atom stereocenters. The number of sulfonamides is 1. The first-order valence-corrected chi connectivity index (χ1v) is 11.0. The first-order chi connectivity index (χ1) is 12.5. The van der Waals surface area contributed by atoms with Crippen LogP contribution >= 0.6 is 23.2 Å². The minimum absolute atomic E-state index is 0.282. The topological polar surface area (TPSA) is 66.5 Å². The number of nitrogens with zero attached hydrogens (tertiary/aromatic N) is 1. The molecule has 0 aliphatic carbocycles. The molecule has 27 heavy (non-hydrogen) atoms.